The minimum Gasteiger partial charge on any atom is -0.315 e. The molecule has 0 unspecified atom stereocenters. The first kappa shape index (κ1) is 22.7. The number of nitrogens with zero attached hydrogens (tertiary/aromatic N) is 2. The molecule has 3 rings (SSSR count). The van der Waals surface area contributed by atoms with Gasteiger partial charge in [0.15, 0.2) is 0 Å². The molecule has 2 heterocycles. The summed E-state index contributed by atoms with van der Waals surface area (Å²) in [4.78, 5) is 5.18. The van der Waals surface area contributed by atoms with Crippen LogP contribution >= 0.6 is 0 Å². The van der Waals surface area contributed by atoms with E-state index in [1.165, 1.54) is 36.9 Å². The number of benzene rings is 1. The maximum absolute atomic E-state index is 3.61. The standard InChI is InChI=1S/C23H42N6/c1-8-24-12-13-25-10-2-16-28(18-14-26-9-1)20-22-4-6-23(7-5-22)21-29-17-3-11-27-15-19-29/h4-7,24-27H,1-3,8-21H2. The van der Waals surface area contributed by atoms with Gasteiger partial charge in [0.2, 0.25) is 0 Å². The Kier molecular flexibility index (Phi) is 11.0. The molecule has 29 heavy (non-hydrogen) atoms. The highest BCUT2D eigenvalue weighted by atomic mass is 15.2. The van der Waals surface area contributed by atoms with Crippen LogP contribution in [-0.2, 0) is 13.1 Å². The Morgan fingerprint density at radius 2 is 0.897 bits per heavy atom. The van der Waals surface area contributed by atoms with Crippen LogP contribution in [0, 0.1) is 0 Å². The first-order valence-electron chi connectivity index (χ1n) is 11.8. The van der Waals surface area contributed by atoms with Crippen LogP contribution in [0.25, 0.3) is 0 Å². The van der Waals surface area contributed by atoms with E-state index < -0.39 is 0 Å². The van der Waals surface area contributed by atoms with Crippen molar-refractivity contribution < 1.29 is 0 Å². The van der Waals surface area contributed by atoms with E-state index in [2.05, 4.69) is 55.3 Å². The number of nitrogens with one attached hydrogen (secondary N) is 4. The molecule has 2 fully saturated rings. The van der Waals surface area contributed by atoms with Crippen molar-refractivity contribution in [3.8, 4) is 0 Å². The lowest BCUT2D eigenvalue weighted by Crippen LogP contribution is -2.36. The van der Waals surface area contributed by atoms with Crippen LogP contribution < -0.4 is 21.3 Å². The Morgan fingerprint density at radius 1 is 0.483 bits per heavy atom. The highest BCUT2D eigenvalue weighted by molar-refractivity contribution is 5.22. The molecule has 0 bridgehead atoms. The van der Waals surface area contributed by atoms with E-state index in [-0.39, 0.29) is 0 Å². The summed E-state index contributed by atoms with van der Waals surface area (Å²) in [6.45, 7) is 15.6. The molecule has 4 N–H and O–H groups in total. The molecule has 0 saturated carbocycles. The molecule has 6 nitrogen and oxygen atoms in total. The van der Waals surface area contributed by atoms with Gasteiger partial charge >= 0.3 is 0 Å². The Hall–Kier alpha value is -1.02. The second kappa shape index (κ2) is 14.1. The van der Waals surface area contributed by atoms with Crippen molar-refractivity contribution in [3.05, 3.63) is 35.4 Å². The fourth-order valence-corrected chi connectivity index (χ4v) is 4.15. The van der Waals surface area contributed by atoms with E-state index >= 15 is 0 Å². The van der Waals surface area contributed by atoms with Crippen molar-refractivity contribution in [2.45, 2.75) is 32.4 Å². The fourth-order valence-electron chi connectivity index (χ4n) is 4.15. The largest absolute Gasteiger partial charge is 0.315 e. The van der Waals surface area contributed by atoms with Crippen molar-refractivity contribution in [2.24, 2.45) is 0 Å². The molecule has 2 saturated heterocycles. The van der Waals surface area contributed by atoms with Crippen molar-refractivity contribution in [3.63, 3.8) is 0 Å². The van der Waals surface area contributed by atoms with Gasteiger partial charge < -0.3 is 21.3 Å². The highest BCUT2D eigenvalue weighted by Gasteiger charge is 2.10. The molecule has 0 spiro atoms. The molecule has 2 aliphatic heterocycles. The molecule has 6 heteroatoms. The number of hydrogen-bond acceptors (Lipinski definition) is 6. The zero-order valence-electron chi connectivity index (χ0n) is 18.2. The van der Waals surface area contributed by atoms with Crippen molar-refractivity contribution in [1.82, 2.24) is 31.1 Å². The average molecular weight is 403 g/mol. The second-order valence-electron chi connectivity index (χ2n) is 8.43. The van der Waals surface area contributed by atoms with Crippen molar-refractivity contribution in [2.75, 3.05) is 78.5 Å². The maximum Gasteiger partial charge on any atom is 0.0234 e. The van der Waals surface area contributed by atoms with Crippen LogP contribution in [0.15, 0.2) is 24.3 Å². The summed E-state index contributed by atoms with van der Waals surface area (Å²) in [5.74, 6) is 0. The molecular weight excluding hydrogens is 360 g/mol. The van der Waals surface area contributed by atoms with Gasteiger partial charge in [-0.2, -0.15) is 0 Å². The van der Waals surface area contributed by atoms with Crippen LogP contribution in [0.4, 0.5) is 0 Å². The second-order valence-corrected chi connectivity index (χ2v) is 8.43. The molecule has 2 aliphatic rings. The lowest BCUT2D eigenvalue weighted by atomic mass is 10.1. The van der Waals surface area contributed by atoms with Gasteiger partial charge in [0.1, 0.15) is 0 Å². The van der Waals surface area contributed by atoms with Gasteiger partial charge in [0.25, 0.3) is 0 Å². The molecule has 0 radical (unpaired) electrons. The van der Waals surface area contributed by atoms with Crippen LogP contribution in [0.3, 0.4) is 0 Å². The summed E-state index contributed by atoms with van der Waals surface area (Å²) in [5, 5.41) is 14.2. The lowest BCUT2D eigenvalue weighted by molar-refractivity contribution is 0.259. The quantitative estimate of drug-likeness (QED) is 0.599. The van der Waals surface area contributed by atoms with Crippen LogP contribution in [0.5, 0.6) is 0 Å². The third-order valence-corrected chi connectivity index (χ3v) is 5.89. The van der Waals surface area contributed by atoms with Crippen LogP contribution in [0.2, 0.25) is 0 Å². The van der Waals surface area contributed by atoms with Gasteiger partial charge in [-0.1, -0.05) is 24.3 Å². The maximum atomic E-state index is 3.61. The molecular formula is C23H42N6. The first-order valence-corrected chi connectivity index (χ1v) is 11.8. The predicted molar refractivity (Wildman–Crippen MR) is 122 cm³/mol. The summed E-state index contributed by atoms with van der Waals surface area (Å²) in [5.41, 5.74) is 2.88. The minimum atomic E-state index is 1.05. The number of rotatable bonds is 4. The van der Waals surface area contributed by atoms with Crippen molar-refractivity contribution in [1.29, 1.82) is 0 Å². The first-order chi connectivity index (χ1) is 14.4. The zero-order chi connectivity index (χ0) is 20.0. The van der Waals surface area contributed by atoms with E-state index in [1.807, 2.05) is 0 Å². The Labute approximate surface area is 177 Å². The van der Waals surface area contributed by atoms with Crippen molar-refractivity contribution >= 4 is 0 Å². The monoisotopic (exact) mass is 402 g/mol. The summed E-state index contributed by atoms with van der Waals surface area (Å²) < 4.78 is 0. The summed E-state index contributed by atoms with van der Waals surface area (Å²) in [6.07, 6.45) is 3.67. The summed E-state index contributed by atoms with van der Waals surface area (Å²) >= 11 is 0. The number of hydrogen-bond donors (Lipinski definition) is 4. The molecule has 1 aromatic rings. The van der Waals surface area contributed by atoms with Gasteiger partial charge in [0.05, 0.1) is 0 Å². The Balaban J connectivity index is 1.46. The Bertz CT molecular complexity index is 513. The molecule has 1 aromatic carbocycles. The molecule has 164 valence electrons. The van der Waals surface area contributed by atoms with E-state index in [0.29, 0.717) is 0 Å². The van der Waals surface area contributed by atoms with Crippen LogP contribution in [-0.4, -0.2) is 88.3 Å². The van der Waals surface area contributed by atoms with Gasteiger partial charge in [-0.25, -0.2) is 0 Å². The summed E-state index contributed by atoms with van der Waals surface area (Å²) in [7, 11) is 0. The third-order valence-electron chi connectivity index (χ3n) is 5.89. The highest BCUT2D eigenvalue weighted by Crippen LogP contribution is 2.11. The lowest BCUT2D eigenvalue weighted by Gasteiger charge is -2.24. The van der Waals surface area contributed by atoms with E-state index in [1.54, 1.807) is 0 Å². The topological polar surface area (TPSA) is 54.6 Å². The van der Waals surface area contributed by atoms with E-state index in [4.69, 9.17) is 0 Å². The van der Waals surface area contributed by atoms with Crippen LogP contribution in [0.1, 0.15) is 30.4 Å². The smallest absolute Gasteiger partial charge is 0.0234 e. The zero-order valence-corrected chi connectivity index (χ0v) is 18.2. The molecule has 0 aromatic heterocycles. The Morgan fingerprint density at radius 3 is 1.38 bits per heavy atom. The predicted octanol–water partition coefficient (Wildman–Crippen LogP) is 0.847. The molecule has 0 atom stereocenters. The van der Waals surface area contributed by atoms with Gasteiger partial charge in [-0.05, 0) is 69.7 Å². The molecule has 0 amide bonds. The van der Waals surface area contributed by atoms with Gasteiger partial charge in [-0.3, -0.25) is 9.80 Å². The third kappa shape index (κ3) is 9.55. The fraction of sp³-hybridized carbons (Fsp3) is 0.739. The minimum absolute atomic E-state index is 1.05. The SMILES string of the molecule is c1cc(CN2CCCNCC2)ccc1CN1CCCNCCNCCCNCC1. The van der Waals surface area contributed by atoms with E-state index in [9.17, 15) is 0 Å². The summed E-state index contributed by atoms with van der Waals surface area (Å²) in [6, 6.07) is 9.36. The average Bonchev–Trinajstić information content (AvgIpc) is 3.01. The van der Waals surface area contributed by atoms with Gasteiger partial charge in [0, 0.05) is 52.4 Å². The van der Waals surface area contributed by atoms with E-state index in [0.717, 1.165) is 85.1 Å². The normalized spacial score (nSPS) is 22.6. The van der Waals surface area contributed by atoms with Gasteiger partial charge in [-0.15, -0.1) is 0 Å². The molecule has 0 aliphatic carbocycles.